The van der Waals surface area contributed by atoms with Gasteiger partial charge in [0, 0.05) is 11.9 Å². The normalized spacial score (nSPS) is 13.3. The largest absolute Gasteiger partial charge is 0.497 e. The first-order chi connectivity index (χ1) is 14.4. The number of nitrogens with one attached hydrogen (secondary N) is 1. The van der Waals surface area contributed by atoms with E-state index < -0.39 is 21.8 Å². The fraction of sp³-hybridized carbons (Fsp3) is 0.0952. The van der Waals surface area contributed by atoms with E-state index in [0.29, 0.717) is 17.0 Å². The van der Waals surface area contributed by atoms with Crippen molar-refractivity contribution in [3.63, 3.8) is 0 Å². The van der Waals surface area contributed by atoms with E-state index in [9.17, 15) is 18.0 Å². The number of carbonyl (C=O) groups is 2. The van der Waals surface area contributed by atoms with E-state index >= 15 is 0 Å². The summed E-state index contributed by atoms with van der Waals surface area (Å²) in [6, 6.07) is 15.7. The fourth-order valence-electron chi connectivity index (χ4n) is 3.09. The molecule has 30 heavy (non-hydrogen) atoms. The number of fused-ring (bicyclic) bond motifs is 1. The standard InChI is InChI=1S/C21H17N3O5S/c1-29-16-8-6-15(7-9-16)23-30(27,28)17-10-4-14(5-11-17)13-24-20(25)18-3-2-12-22-19(18)21(24)26/h2-12,23H,13H2,1H3. The molecule has 1 aliphatic heterocycles. The number of anilines is 1. The molecule has 0 spiro atoms. The van der Waals surface area contributed by atoms with Crippen molar-refractivity contribution >= 4 is 27.5 Å². The lowest BCUT2D eigenvalue weighted by Gasteiger charge is -2.14. The van der Waals surface area contributed by atoms with E-state index in [0.717, 1.165) is 4.90 Å². The summed E-state index contributed by atoms with van der Waals surface area (Å²) in [5, 5.41) is 0. The molecule has 2 heterocycles. The van der Waals surface area contributed by atoms with Crippen molar-refractivity contribution in [3.8, 4) is 5.75 Å². The smallest absolute Gasteiger partial charge is 0.280 e. The number of carbonyl (C=O) groups excluding carboxylic acids is 2. The minimum Gasteiger partial charge on any atom is -0.497 e. The van der Waals surface area contributed by atoms with Crippen LogP contribution in [0.25, 0.3) is 0 Å². The van der Waals surface area contributed by atoms with Gasteiger partial charge in [-0.1, -0.05) is 12.1 Å². The Kier molecular flexibility index (Phi) is 4.96. The average molecular weight is 423 g/mol. The summed E-state index contributed by atoms with van der Waals surface area (Å²) in [7, 11) is -2.26. The third-order valence-electron chi connectivity index (χ3n) is 4.65. The molecule has 0 atom stereocenters. The predicted molar refractivity (Wildman–Crippen MR) is 109 cm³/mol. The van der Waals surface area contributed by atoms with Gasteiger partial charge < -0.3 is 4.74 Å². The van der Waals surface area contributed by atoms with Crippen molar-refractivity contribution in [2.75, 3.05) is 11.8 Å². The van der Waals surface area contributed by atoms with Crippen LogP contribution in [0, 0.1) is 0 Å². The summed E-state index contributed by atoms with van der Waals surface area (Å²) >= 11 is 0. The number of methoxy groups -OCH3 is 1. The Morgan fingerprint density at radius 3 is 2.30 bits per heavy atom. The number of pyridine rings is 1. The summed E-state index contributed by atoms with van der Waals surface area (Å²) in [4.78, 5) is 30.0. The van der Waals surface area contributed by atoms with Gasteiger partial charge in [-0.2, -0.15) is 0 Å². The molecule has 0 fully saturated rings. The van der Waals surface area contributed by atoms with Crippen molar-refractivity contribution in [2.24, 2.45) is 0 Å². The Morgan fingerprint density at radius 2 is 1.67 bits per heavy atom. The third kappa shape index (κ3) is 3.62. The zero-order chi connectivity index (χ0) is 21.3. The van der Waals surface area contributed by atoms with E-state index in [4.69, 9.17) is 4.74 Å². The molecule has 8 nitrogen and oxygen atoms in total. The van der Waals surface area contributed by atoms with Gasteiger partial charge in [0.1, 0.15) is 11.4 Å². The predicted octanol–water partition coefficient (Wildman–Crippen LogP) is 2.69. The van der Waals surface area contributed by atoms with Crippen LogP contribution in [0.1, 0.15) is 26.4 Å². The molecule has 1 aromatic heterocycles. The molecule has 0 saturated heterocycles. The van der Waals surface area contributed by atoms with Gasteiger partial charge in [-0.25, -0.2) is 8.42 Å². The first-order valence-electron chi connectivity index (χ1n) is 8.96. The number of sulfonamides is 1. The van der Waals surface area contributed by atoms with Gasteiger partial charge in [0.15, 0.2) is 0 Å². The van der Waals surface area contributed by atoms with Gasteiger partial charge in [0.25, 0.3) is 21.8 Å². The summed E-state index contributed by atoms with van der Waals surface area (Å²) in [5.41, 5.74) is 1.42. The summed E-state index contributed by atoms with van der Waals surface area (Å²) in [5.74, 6) is -0.264. The van der Waals surface area contributed by atoms with Gasteiger partial charge >= 0.3 is 0 Å². The van der Waals surface area contributed by atoms with Crippen LogP contribution >= 0.6 is 0 Å². The van der Waals surface area contributed by atoms with Crippen LogP contribution in [0.3, 0.4) is 0 Å². The van der Waals surface area contributed by atoms with E-state index in [1.54, 1.807) is 48.5 Å². The number of nitrogens with zero attached hydrogens (tertiary/aromatic N) is 2. The Bertz CT molecular complexity index is 1190. The molecule has 0 saturated carbocycles. The minimum atomic E-state index is -3.79. The monoisotopic (exact) mass is 423 g/mol. The minimum absolute atomic E-state index is 0.0280. The number of ether oxygens (including phenoxy) is 1. The molecule has 9 heteroatoms. The lowest BCUT2D eigenvalue weighted by molar-refractivity contribution is 0.0640. The highest BCUT2D eigenvalue weighted by atomic mass is 32.2. The fourth-order valence-corrected chi connectivity index (χ4v) is 4.15. The molecule has 0 radical (unpaired) electrons. The van der Waals surface area contributed by atoms with Crippen LogP contribution in [-0.4, -0.2) is 37.2 Å². The van der Waals surface area contributed by atoms with Crippen molar-refractivity contribution in [1.82, 2.24) is 9.88 Å². The molecular formula is C21H17N3O5S. The highest BCUT2D eigenvalue weighted by Gasteiger charge is 2.36. The van der Waals surface area contributed by atoms with Crippen molar-refractivity contribution in [1.29, 1.82) is 0 Å². The van der Waals surface area contributed by atoms with E-state index in [1.165, 1.54) is 25.4 Å². The van der Waals surface area contributed by atoms with Crippen molar-refractivity contribution in [2.45, 2.75) is 11.4 Å². The first kappa shape index (κ1) is 19.6. The second kappa shape index (κ2) is 7.60. The third-order valence-corrected chi connectivity index (χ3v) is 6.04. The molecule has 2 aromatic carbocycles. The van der Waals surface area contributed by atoms with Crippen LogP contribution in [0.4, 0.5) is 5.69 Å². The van der Waals surface area contributed by atoms with Gasteiger partial charge in [-0.15, -0.1) is 0 Å². The van der Waals surface area contributed by atoms with E-state index in [-0.39, 0.29) is 22.7 Å². The Balaban J connectivity index is 1.49. The molecule has 1 N–H and O–H groups in total. The summed E-state index contributed by atoms with van der Waals surface area (Å²) in [6.07, 6.45) is 1.46. The van der Waals surface area contributed by atoms with Crippen LogP contribution in [0.5, 0.6) is 5.75 Å². The molecule has 3 aromatic rings. The number of rotatable bonds is 6. The maximum absolute atomic E-state index is 12.6. The second-order valence-corrected chi connectivity index (χ2v) is 8.26. The molecule has 1 aliphatic rings. The molecule has 4 rings (SSSR count). The number of benzene rings is 2. The lowest BCUT2D eigenvalue weighted by Crippen LogP contribution is -2.29. The lowest BCUT2D eigenvalue weighted by atomic mass is 10.2. The SMILES string of the molecule is COc1ccc(NS(=O)(=O)c2ccc(CN3C(=O)c4cccnc4C3=O)cc2)cc1. The number of amides is 2. The summed E-state index contributed by atoms with van der Waals surface area (Å²) < 4.78 is 32.7. The molecule has 2 amide bonds. The quantitative estimate of drug-likeness (QED) is 0.611. The second-order valence-electron chi connectivity index (χ2n) is 6.57. The average Bonchev–Trinajstić information content (AvgIpc) is 2.99. The molecular weight excluding hydrogens is 406 g/mol. The van der Waals surface area contributed by atoms with Gasteiger partial charge in [-0.05, 0) is 54.1 Å². The highest BCUT2D eigenvalue weighted by Crippen LogP contribution is 2.24. The maximum Gasteiger partial charge on any atom is 0.280 e. The number of hydrogen-bond donors (Lipinski definition) is 1. The Hall–Kier alpha value is -3.72. The first-order valence-corrected chi connectivity index (χ1v) is 10.4. The van der Waals surface area contributed by atoms with Crippen LogP contribution in [-0.2, 0) is 16.6 Å². The summed E-state index contributed by atoms with van der Waals surface area (Å²) in [6.45, 7) is 0.0280. The highest BCUT2D eigenvalue weighted by molar-refractivity contribution is 7.92. The zero-order valence-electron chi connectivity index (χ0n) is 15.9. The topological polar surface area (TPSA) is 106 Å². The van der Waals surface area contributed by atoms with Crippen LogP contribution < -0.4 is 9.46 Å². The Morgan fingerprint density at radius 1 is 0.967 bits per heavy atom. The molecule has 0 bridgehead atoms. The molecule has 152 valence electrons. The Labute approximate surface area is 173 Å². The maximum atomic E-state index is 12.6. The van der Waals surface area contributed by atoms with Crippen LogP contribution in [0.15, 0.2) is 71.8 Å². The van der Waals surface area contributed by atoms with Gasteiger partial charge in [0.05, 0.1) is 24.1 Å². The van der Waals surface area contributed by atoms with E-state index in [1.807, 2.05) is 0 Å². The molecule has 0 aliphatic carbocycles. The molecule has 0 unspecified atom stereocenters. The van der Waals surface area contributed by atoms with Crippen LogP contribution in [0.2, 0.25) is 0 Å². The number of imide groups is 1. The van der Waals surface area contributed by atoms with E-state index in [2.05, 4.69) is 9.71 Å². The van der Waals surface area contributed by atoms with Crippen molar-refractivity contribution in [3.05, 3.63) is 83.7 Å². The number of hydrogen-bond acceptors (Lipinski definition) is 6. The van der Waals surface area contributed by atoms with Gasteiger partial charge in [-0.3, -0.25) is 24.2 Å². The number of aromatic nitrogens is 1. The zero-order valence-corrected chi connectivity index (χ0v) is 16.7. The van der Waals surface area contributed by atoms with Gasteiger partial charge in [0.2, 0.25) is 0 Å². The van der Waals surface area contributed by atoms with Crippen molar-refractivity contribution < 1.29 is 22.7 Å².